The first-order valence-electron chi connectivity index (χ1n) is 6.67. The van der Waals surface area contributed by atoms with Crippen molar-refractivity contribution in [1.82, 2.24) is 5.32 Å². The summed E-state index contributed by atoms with van der Waals surface area (Å²) < 4.78 is 60.4. The summed E-state index contributed by atoms with van der Waals surface area (Å²) in [6.07, 6.45) is -2.91. The molecular weight excluding hydrogens is 279 g/mol. The lowest BCUT2D eigenvalue weighted by Crippen LogP contribution is -2.43. The molecule has 1 aliphatic carbocycles. The van der Waals surface area contributed by atoms with E-state index in [1.54, 1.807) is 13.8 Å². The van der Waals surface area contributed by atoms with E-state index >= 15 is 0 Å². The second-order valence-electron chi connectivity index (χ2n) is 5.36. The van der Waals surface area contributed by atoms with Gasteiger partial charge in [0.05, 0.1) is 11.7 Å². The van der Waals surface area contributed by atoms with Crippen molar-refractivity contribution in [2.75, 3.05) is 11.5 Å². The maximum Gasteiger partial charge on any atom is 0.391 e. The van der Waals surface area contributed by atoms with Crippen molar-refractivity contribution < 1.29 is 21.6 Å². The van der Waals surface area contributed by atoms with E-state index in [2.05, 4.69) is 5.32 Å². The Hall–Kier alpha value is -0.300. The Kier molecular flexibility index (Phi) is 5.67. The number of halogens is 3. The fourth-order valence-electron chi connectivity index (χ4n) is 2.54. The molecule has 7 heteroatoms. The molecular formula is C12H22F3NO2S. The van der Waals surface area contributed by atoms with E-state index in [4.69, 9.17) is 0 Å². The number of hydrogen-bond acceptors (Lipinski definition) is 3. The predicted molar refractivity (Wildman–Crippen MR) is 68.7 cm³/mol. The molecule has 0 aromatic heterocycles. The Morgan fingerprint density at radius 1 is 1.21 bits per heavy atom. The van der Waals surface area contributed by atoms with E-state index in [0.29, 0.717) is 12.8 Å². The van der Waals surface area contributed by atoms with Crippen molar-refractivity contribution >= 4 is 9.84 Å². The second kappa shape index (κ2) is 6.43. The molecule has 114 valence electrons. The highest BCUT2D eigenvalue weighted by molar-refractivity contribution is 7.91. The third-order valence-electron chi connectivity index (χ3n) is 3.65. The summed E-state index contributed by atoms with van der Waals surface area (Å²) in [5, 5.41) is 3.13. The van der Waals surface area contributed by atoms with Crippen LogP contribution in [-0.2, 0) is 9.84 Å². The van der Waals surface area contributed by atoms with Gasteiger partial charge in [0.15, 0.2) is 9.84 Å². The molecule has 0 spiro atoms. The lowest BCUT2D eigenvalue weighted by atomic mass is 9.85. The second-order valence-corrected chi connectivity index (χ2v) is 7.75. The zero-order chi connectivity index (χ0) is 14.7. The summed E-state index contributed by atoms with van der Waals surface area (Å²) in [5.74, 6) is -1.05. The van der Waals surface area contributed by atoms with Crippen LogP contribution in [0.4, 0.5) is 13.2 Å². The molecule has 1 atom stereocenters. The SMILES string of the molecule is CCS(=O)(=O)CC(C)NC1CCC(C(F)(F)F)CC1. The highest BCUT2D eigenvalue weighted by Gasteiger charge is 2.41. The van der Waals surface area contributed by atoms with Crippen LogP contribution in [0.25, 0.3) is 0 Å². The van der Waals surface area contributed by atoms with Crippen LogP contribution in [0, 0.1) is 5.92 Å². The van der Waals surface area contributed by atoms with Crippen molar-refractivity contribution in [1.29, 1.82) is 0 Å². The lowest BCUT2D eigenvalue weighted by molar-refractivity contribution is -0.182. The van der Waals surface area contributed by atoms with Crippen LogP contribution < -0.4 is 5.32 Å². The lowest BCUT2D eigenvalue weighted by Gasteiger charge is -2.32. The molecule has 0 saturated heterocycles. The minimum Gasteiger partial charge on any atom is -0.310 e. The van der Waals surface area contributed by atoms with Crippen LogP contribution in [0.5, 0.6) is 0 Å². The normalized spacial score (nSPS) is 27.2. The largest absolute Gasteiger partial charge is 0.391 e. The van der Waals surface area contributed by atoms with Crippen LogP contribution in [0.1, 0.15) is 39.5 Å². The van der Waals surface area contributed by atoms with E-state index in [9.17, 15) is 21.6 Å². The van der Waals surface area contributed by atoms with Crippen molar-refractivity contribution in [3.05, 3.63) is 0 Å². The van der Waals surface area contributed by atoms with Gasteiger partial charge in [0.25, 0.3) is 0 Å². The molecule has 1 aliphatic rings. The molecule has 0 aromatic rings. The molecule has 1 saturated carbocycles. The summed E-state index contributed by atoms with van der Waals surface area (Å²) >= 11 is 0. The van der Waals surface area contributed by atoms with Gasteiger partial charge in [0, 0.05) is 17.8 Å². The molecule has 0 bridgehead atoms. The van der Waals surface area contributed by atoms with Gasteiger partial charge in [0.1, 0.15) is 0 Å². The number of sulfone groups is 1. The number of hydrogen-bond donors (Lipinski definition) is 1. The molecule has 1 fully saturated rings. The topological polar surface area (TPSA) is 46.2 Å². The molecule has 1 N–H and O–H groups in total. The van der Waals surface area contributed by atoms with Crippen LogP contribution in [0.15, 0.2) is 0 Å². The first-order valence-corrected chi connectivity index (χ1v) is 8.49. The molecule has 0 aliphatic heterocycles. The fourth-order valence-corrected chi connectivity index (χ4v) is 3.63. The van der Waals surface area contributed by atoms with Crippen molar-refractivity contribution in [3.63, 3.8) is 0 Å². The quantitative estimate of drug-likeness (QED) is 0.849. The average molecular weight is 301 g/mol. The van der Waals surface area contributed by atoms with Crippen molar-refractivity contribution in [2.24, 2.45) is 5.92 Å². The first kappa shape index (κ1) is 16.8. The first-order chi connectivity index (χ1) is 8.64. The van der Waals surface area contributed by atoms with Crippen molar-refractivity contribution in [2.45, 2.75) is 57.8 Å². The Bertz CT molecular complexity index is 373. The van der Waals surface area contributed by atoms with Gasteiger partial charge in [-0.3, -0.25) is 0 Å². The van der Waals surface area contributed by atoms with Crippen LogP contribution >= 0.6 is 0 Å². The maximum atomic E-state index is 12.5. The standard InChI is InChI=1S/C12H22F3NO2S/c1-3-19(17,18)8-9(2)16-11-6-4-10(5-7-11)12(13,14)15/h9-11,16H,3-8H2,1-2H3. The van der Waals surface area contributed by atoms with Gasteiger partial charge >= 0.3 is 6.18 Å². The monoisotopic (exact) mass is 301 g/mol. The molecule has 0 aromatic carbocycles. The van der Waals surface area contributed by atoms with E-state index in [-0.39, 0.29) is 36.4 Å². The average Bonchev–Trinajstić information content (AvgIpc) is 2.27. The zero-order valence-electron chi connectivity index (χ0n) is 11.3. The number of nitrogens with one attached hydrogen (secondary N) is 1. The minimum atomic E-state index is -4.10. The molecule has 1 unspecified atom stereocenters. The van der Waals surface area contributed by atoms with E-state index < -0.39 is 21.9 Å². The fraction of sp³-hybridized carbons (Fsp3) is 1.00. The summed E-state index contributed by atoms with van der Waals surface area (Å²) in [6, 6.07) is -0.210. The smallest absolute Gasteiger partial charge is 0.310 e. The van der Waals surface area contributed by atoms with Crippen LogP contribution in [0.3, 0.4) is 0 Å². The Balaban J connectivity index is 2.37. The highest BCUT2D eigenvalue weighted by Crippen LogP contribution is 2.37. The van der Waals surface area contributed by atoms with Gasteiger partial charge in [-0.1, -0.05) is 6.92 Å². The van der Waals surface area contributed by atoms with Gasteiger partial charge in [0.2, 0.25) is 0 Å². The van der Waals surface area contributed by atoms with Gasteiger partial charge in [-0.25, -0.2) is 8.42 Å². The van der Waals surface area contributed by atoms with E-state index in [1.165, 1.54) is 0 Å². The number of rotatable bonds is 5. The summed E-state index contributed by atoms with van der Waals surface area (Å²) in [4.78, 5) is 0. The van der Waals surface area contributed by atoms with E-state index in [1.807, 2.05) is 0 Å². The molecule has 0 radical (unpaired) electrons. The summed E-state index contributed by atoms with van der Waals surface area (Å²) in [7, 11) is -3.05. The molecule has 0 heterocycles. The van der Waals surface area contributed by atoms with Crippen molar-refractivity contribution in [3.8, 4) is 0 Å². The van der Waals surface area contributed by atoms with Crippen LogP contribution in [-0.4, -0.2) is 38.2 Å². The third-order valence-corrected chi connectivity index (χ3v) is 5.54. The van der Waals surface area contributed by atoms with E-state index in [0.717, 1.165) is 0 Å². The van der Waals surface area contributed by atoms with Crippen LogP contribution in [0.2, 0.25) is 0 Å². The summed E-state index contributed by atoms with van der Waals surface area (Å²) in [5.41, 5.74) is 0. The Labute approximate surface area is 112 Å². The molecule has 3 nitrogen and oxygen atoms in total. The summed E-state index contributed by atoms with van der Waals surface area (Å²) in [6.45, 7) is 3.36. The van der Waals surface area contributed by atoms with Gasteiger partial charge in [-0.2, -0.15) is 13.2 Å². The molecule has 1 rings (SSSR count). The Morgan fingerprint density at radius 3 is 2.16 bits per heavy atom. The number of alkyl halides is 3. The third kappa shape index (κ3) is 5.69. The predicted octanol–water partition coefficient (Wildman–Crippen LogP) is 2.52. The van der Waals surface area contributed by atoms with Gasteiger partial charge < -0.3 is 5.32 Å². The minimum absolute atomic E-state index is 0.000608. The van der Waals surface area contributed by atoms with Gasteiger partial charge in [-0.05, 0) is 32.6 Å². The Morgan fingerprint density at radius 2 is 1.74 bits per heavy atom. The zero-order valence-corrected chi connectivity index (χ0v) is 12.1. The highest BCUT2D eigenvalue weighted by atomic mass is 32.2. The van der Waals surface area contributed by atoms with Gasteiger partial charge in [-0.15, -0.1) is 0 Å². The maximum absolute atomic E-state index is 12.5. The molecule has 0 amide bonds. The molecule has 19 heavy (non-hydrogen) atoms.